The zero-order valence-corrected chi connectivity index (χ0v) is 11.7. The van der Waals surface area contributed by atoms with E-state index < -0.39 is 11.9 Å². The van der Waals surface area contributed by atoms with Gasteiger partial charge >= 0.3 is 11.9 Å². The van der Waals surface area contributed by atoms with Crippen molar-refractivity contribution in [3.05, 3.63) is 52.5 Å². The maximum atomic E-state index is 11.1. The van der Waals surface area contributed by atoms with Crippen LogP contribution in [0.5, 0.6) is 5.75 Å². The number of hydrogen-bond donors (Lipinski definition) is 2. The maximum absolute atomic E-state index is 11.1. The number of benzene rings is 2. The number of carboxylic acid groups (broad SMARTS) is 2. The Labute approximate surface area is 125 Å². The zero-order chi connectivity index (χ0) is 15.6. The number of ether oxygens (including phenoxy) is 1. The summed E-state index contributed by atoms with van der Waals surface area (Å²) in [7, 11) is 1.46. The maximum Gasteiger partial charge on any atom is 0.335 e. The van der Waals surface area contributed by atoms with E-state index in [0.29, 0.717) is 21.9 Å². The van der Waals surface area contributed by atoms with Crippen LogP contribution in [0.3, 0.4) is 0 Å². The molecule has 2 aromatic rings. The normalized spacial score (nSPS) is 10.2. The van der Waals surface area contributed by atoms with Gasteiger partial charge in [-0.1, -0.05) is 11.6 Å². The molecule has 0 radical (unpaired) electrons. The third kappa shape index (κ3) is 3.14. The summed E-state index contributed by atoms with van der Waals surface area (Å²) in [6, 6.07) is 8.71. The molecule has 0 aliphatic carbocycles. The van der Waals surface area contributed by atoms with Crippen molar-refractivity contribution in [3.63, 3.8) is 0 Å². The summed E-state index contributed by atoms with van der Waals surface area (Å²) >= 11 is 5.94. The molecule has 0 saturated heterocycles. The molecule has 2 rings (SSSR count). The van der Waals surface area contributed by atoms with Crippen LogP contribution in [0, 0.1) is 0 Å². The van der Waals surface area contributed by atoms with Gasteiger partial charge in [-0.3, -0.25) is 0 Å². The molecule has 108 valence electrons. The van der Waals surface area contributed by atoms with Gasteiger partial charge in [0.1, 0.15) is 5.75 Å². The summed E-state index contributed by atoms with van der Waals surface area (Å²) in [5, 5.41) is 18.6. The van der Waals surface area contributed by atoms with Crippen molar-refractivity contribution in [2.75, 3.05) is 7.11 Å². The second-order valence-electron chi connectivity index (χ2n) is 4.25. The smallest absolute Gasteiger partial charge is 0.335 e. The number of rotatable bonds is 4. The number of halogens is 1. The average molecular weight is 307 g/mol. The quantitative estimate of drug-likeness (QED) is 0.904. The Morgan fingerprint density at radius 1 is 1.00 bits per heavy atom. The first kappa shape index (κ1) is 14.9. The molecule has 0 bridgehead atoms. The van der Waals surface area contributed by atoms with Crippen LogP contribution in [0.4, 0.5) is 0 Å². The summed E-state index contributed by atoms with van der Waals surface area (Å²) < 4.78 is 5.20. The lowest BCUT2D eigenvalue weighted by Crippen LogP contribution is -2.03. The van der Waals surface area contributed by atoms with Crippen LogP contribution in [-0.2, 0) is 0 Å². The Morgan fingerprint density at radius 3 is 2.05 bits per heavy atom. The summed E-state index contributed by atoms with van der Waals surface area (Å²) in [6.45, 7) is 0. The Balaban J connectivity index is 2.71. The van der Waals surface area contributed by atoms with Crippen molar-refractivity contribution in [1.29, 1.82) is 0 Å². The van der Waals surface area contributed by atoms with Gasteiger partial charge in [0.2, 0.25) is 0 Å². The molecule has 5 nitrogen and oxygen atoms in total. The van der Waals surface area contributed by atoms with E-state index in [1.54, 1.807) is 18.2 Å². The molecular weight excluding hydrogens is 296 g/mol. The fourth-order valence-electron chi connectivity index (χ4n) is 1.94. The molecule has 2 N–H and O–H groups in total. The van der Waals surface area contributed by atoms with Gasteiger partial charge in [0.05, 0.1) is 18.2 Å². The van der Waals surface area contributed by atoms with E-state index in [1.807, 2.05) is 0 Å². The zero-order valence-electron chi connectivity index (χ0n) is 11.0. The van der Waals surface area contributed by atoms with Gasteiger partial charge in [0.15, 0.2) is 0 Å². The summed E-state index contributed by atoms with van der Waals surface area (Å²) in [5.41, 5.74) is 0.695. The van der Waals surface area contributed by atoms with Crippen LogP contribution in [0.1, 0.15) is 20.7 Å². The fraction of sp³-hybridized carbons (Fsp3) is 0.0667. The first-order valence-electron chi connectivity index (χ1n) is 5.88. The van der Waals surface area contributed by atoms with Gasteiger partial charge in [-0.05, 0) is 42.0 Å². The lowest BCUT2D eigenvalue weighted by Gasteiger charge is -2.11. The minimum atomic E-state index is -1.21. The van der Waals surface area contributed by atoms with Crippen LogP contribution in [0.15, 0.2) is 36.4 Å². The SMILES string of the molecule is COc1ccc(Cl)cc1-c1cc(C(=O)O)cc(C(=O)O)c1. The molecule has 6 heteroatoms. The molecule has 0 fully saturated rings. The van der Waals surface area contributed by atoms with E-state index in [2.05, 4.69) is 0 Å². The monoisotopic (exact) mass is 306 g/mol. The molecule has 0 amide bonds. The highest BCUT2D eigenvalue weighted by atomic mass is 35.5. The number of methoxy groups -OCH3 is 1. The van der Waals surface area contributed by atoms with Crippen LogP contribution in [-0.4, -0.2) is 29.3 Å². The van der Waals surface area contributed by atoms with E-state index >= 15 is 0 Å². The highest BCUT2D eigenvalue weighted by Gasteiger charge is 2.15. The van der Waals surface area contributed by atoms with Gasteiger partial charge in [0, 0.05) is 10.6 Å². The van der Waals surface area contributed by atoms with E-state index in [-0.39, 0.29) is 11.1 Å². The Bertz CT molecular complexity index is 692. The first-order chi connectivity index (χ1) is 9.92. The molecule has 0 aromatic heterocycles. The van der Waals surface area contributed by atoms with E-state index in [0.717, 1.165) is 6.07 Å². The van der Waals surface area contributed by atoms with E-state index in [9.17, 15) is 9.59 Å². The van der Waals surface area contributed by atoms with Crippen molar-refractivity contribution in [2.24, 2.45) is 0 Å². The second kappa shape index (κ2) is 5.85. The molecule has 0 aliphatic rings. The Kier molecular flexibility index (Phi) is 4.14. The summed E-state index contributed by atoms with van der Waals surface area (Å²) in [6.07, 6.45) is 0. The summed E-state index contributed by atoms with van der Waals surface area (Å²) in [4.78, 5) is 22.3. The molecule has 21 heavy (non-hydrogen) atoms. The van der Waals surface area contributed by atoms with Gasteiger partial charge in [0.25, 0.3) is 0 Å². The molecule has 2 aromatic carbocycles. The molecule has 0 aliphatic heterocycles. The molecule has 0 atom stereocenters. The molecule has 0 heterocycles. The fourth-order valence-corrected chi connectivity index (χ4v) is 2.11. The van der Waals surface area contributed by atoms with E-state index in [4.69, 9.17) is 26.6 Å². The van der Waals surface area contributed by atoms with Crippen molar-refractivity contribution in [2.45, 2.75) is 0 Å². The standard InChI is InChI=1S/C15H11ClO5/c1-21-13-3-2-11(16)7-12(13)8-4-9(14(17)18)6-10(5-8)15(19)20/h2-7H,1H3,(H,17,18)(H,19,20). The van der Waals surface area contributed by atoms with Crippen LogP contribution in [0.2, 0.25) is 5.02 Å². The highest BCUT2D eigenvalue weighted by Crippen LogP contribution is 2.33. The third-order valence-electron chi connectivity index (χ3n) is 2.90. The molecule has 0 saturated carbocycles. The predicted octanol–water partition coefficient (Wildman–Crippen LogP) is 3.41. The minimum Gasteiger partial charge on any atom is -0.496 e. The third-order valence-corrected chi connectivity index (χ3v) is 3.13. The van der Waals surface area contributed by atoms with Crippen molar-refractivity contribution < 1.29 is 24.5 Å². The summed E-state index contributed by atoms with van der Waals surface area (Å²) in [5.74, 6) is -1.95. The first-order valence-corrected chi connectivity index (χ1v) is 6.25. The van der Waals surface area contributed by atoms with Gasteiger partial charge in [-0.15, -0.1) is 0 Å². The topological polar surface area (TPSA) is 83.8 Å². The lowest BCUT2D eigenvalue weighted by atomic mass is 9.99. The lowest BCUT2D eigenvalue weighted by molar-refractivity contribution is 0.0696. The van der Waals surface area contributed by atoms with Gasteiger partial charge in [-0.2, -0.15) is 0 Å². The Morgan fingerprint density at radius 2 is 1.57 bits per heavy atom. The van der Waals surface area contributed by atoms with Crippen molar-refractivity contribution in [3.8, 4) is 16.9 Å². The number of hydrogen-bond acceptors (Lipinski definition) is 3. The van der Waals surface area contributed by atoms with Crippen LogP contribution < -0.4 is 4.74 Å². The van der Waals surface area contributed by atoms with Gasteiger partial charge in [-0.25, -0.2) is 9.59 Å². The highest BCUT2D eigenvalue weighted by molar-refractivity contribution is 6.31. The number of aromatic carboxylic acids is 2. The number of carbonyl (C=O) groups is 2. The van der Waals surface area contributed by atoms with Crippen molar-refractivity contribution in [1.82, 2.24) is 0 Å². The number of carboxylic acids is 2. The van der Waals surface area contributed by atoms with Gasteiger partial charge < -0.3 is 14.9 Å². The molecule has 0 unspecified atom stereocenters. The minimum absolute atomic E-state index is 0.119. The predicted molar refractivity (Wildman–Crippen MR) is 77.4 cm³/mol. The second-order valence-corrected chi connectivity index (χ2v) is 4.69. The van der Waals surface area contributed by atoms with Crippen LogP contribution in [0.25, 0.3) is 11.1 Å². The largest absolute Gasteiger partial charge is 0.496 e. The molecule has 0 spiro atoms. The van der Waals surface area contributed by atoms with Crippen LogP contribution >= 0.6 is 11.6 Å². The molecular formula is C15H11ClO5. The Hall–Kier alpha value is -2.53. The van der Waals surface area contributed by atoms with E-state index in [1.165, 1.54) is 19.2 Å². The average Bonchev–Trinajstić information content (AvgIpc) is 2.46. The van der Waals surface area contributed by atoms with Crippen molar-refractivity contribution >= 4 is 23.5 Å².